The Morgan fingerprint density at radius 1 is 1.37 bits per heavy atom. The van der Waals surface area contributed by atoms with Crippen LogP contribution in [0.25, 0.3) is 0 Å². The van der Waals surface area contributed by atoms with Crippen LogP contribution in [-0.2, 0) is 24.0 Å². The van der Waals surface area contributed by atoms with Crippen LogP contribution in [-0.4, -0.2) is 48.0 Å². The number of nitrogens with one attached hydrogen (secondary N) is 2. The summed E-state index contributed by atoms with van der Waals surface area (Å²) < 4.78 is 0. The first kappa shape index (κ1) is 24.0. The number of nitrogens with zero attached hydrogens (tertiary/aromatic N) is 1. The molecule has 0 saturated carbocycles. The molecule has 0 bridgehead atoms. The summed E-state index contributed by atoms with van der Waals surface area (Å²) in [6.45, 7) is 8.75. The standard InChI is InChI=1S/C15H18N2O4.C4H9NO/c1-4-6-10(3)11(5-2)15(21)17(9-18)12-7-8-13(19)16-14(12)20;1-3-4(6)5-2/h4-6,9,12H,1,7-8H2,2-3H3,(H,16,19,20);3H2,1-2H3,(H,5,6)/b10-6-,11-5+;. The Labute approximate surface area is 159 Å². The summed E-state index contributed by atoms with van der Waals surface area (Å²) in [5, 5.41) is 4.61. The molecule has 1 rings (SSSR count). The highest BCUT2D eigenvalue weighted by molar-refractivity contribution is 6.08. The first-order valence-electron chi connectivity index (χ1n) is 8.55. The molecule has 0 aromatic heterocycles. The zero-order chi connectivity index (χ0) is 21.0. The van der Waals surface area contributed by atoms with Crippen molar-refractivity contribution >= 4 is 30.0 Å². The van der Waals surface area contributed by atoms with E-state index >= 15 is 0 Å². The maximum Gasteiger partial charge on any atom is 0.260 e. The van der Waals surface area contributed by atoms with Gasteiger partial charge in [0, 0.05) is 25.5 Å². The third-order valence-corrected chi connectivity index (χ3v) is 3.81. The number of hydrogen-bond acceptors (Lipinski definition) is 5. The predicted octanol–water partition coefficient (Wildman–Crippen LogP) is 0.998. The first-order chi connectivity index (χ1) is 12.8. The van der Waals surface area contributed by atoms with Crippen LogP contribution in [0.15, 0.2) is 36.0 Å². The van der Waals surface area contributed by atoms with Crippen molar-refractivity contribution in [2.75, 3.05) is 7.05 Å². The summed E-state index contributed by atoms with van der Waals surface area (Å²) in [7, 11) is 1.63. The number of piperidine rings is 1. The minimum Gasteiger partial charge on any atom is -0.359 e. The highest BCUT2D eigenvalue weighted by Gasteiger charge is 2.35. The monoisotopic (exact) mass is 377 g/mol. The quantitative estimate of drug-likeness (QED) is 0.310. The van der Waals surface area contributed by atoms with Gasteiger partial charge in [0.25, 0.3) is 5.91 Å². The molecule has 0 radical (unpaired) electrons. The molecule has 1 aliphatic heterocycles. The van der Waals surface area contributed by atoms with Crippen LogP contribution in [0, 0.1) is 0 Å². The van der Waals surface area contributed by atoms with Crippen LogP contribution in [0.4, 0.5) is 0 Å². The van der Waals surface area contributed by atoms with Gasteiger partial charge in [0.05, 0.1) is 0 Å². The maximum atomic E-state index is 12.4. The van der Waals surface area contributed by atoms with Gasteiger partial charge < -0.3 is 5.32 Å². The van der Waals surface area contributed by atoms with Crippen LogP contribution in [0.2, 0.25) is 0 Å². The molecule has 27 heavy (non-hydrogen) atoms. The molecule has 1 atom stereocenters. The van der Waals surface area contributed by atoms with Crippen molar-refractivity contribution in [2.24, 2.45) is 0 Å². The Morgan fingerprint density at radius 3 is 2.37 bits per heavy atom. The molecule has 0 aliphatic carbocycles. The molecule has 2 N–H and O–H groups in total. The van der Waals surface area contributed by atoms with Gasteiger partial charge in [-0.05, 0) is 25.8 Å². The molecule has 1 saturated heterocycles. The van der Waals surface area contributed by atoms with E-state index in [1.54, 1.807) is 33.0 Å². The van der Waals surface area contributed by atoms with Gasteiger partial charge >= 0.3 is 0 Å². The normalized spacial score (nSPS) is 17.1. The number of amides is 5. The minimum atomic E-state index is -0.959. The Kier molecular flexibility index (Phi) is 11.0. The van der Waals surface area contributed by atoms with E-state index < -0.39 is 23.8 Å². The van der Waals surface area contributed by atoms with E-state index in [4.69, 9.17) is 0 Å². The molecule has 0 aromatic carbocycles. The van der Waals surface area contributed by atoms with E-state index in [9.17, 15) is 24.0 Å². The van der Waals surface area contributed by atoms with Crippen molar-refractivity contribution in [3.8, 4) is 0 Å². The second kappa shape index (κ2) is 12.3. The van der Waals surface area contributed by atoms with Gasteiger partial charge in [-0.2, -0.15) is 0 Å². The van der Waals surface area contributed by atoms with Crippen molar-refractivity contribution in [1.82, 2.24) is 15.5 Å². The lowest BCUT2D eigenvalue weighted by Crippen LogP contribution is -2.54. The lowest BCUT2D eigenvalue weighted by Gasteiger charge is -2.29. The van der Waals surface area contributed by atoms with E-state index in [1.165, 1.54) is 6.08 Å². The summed E-state index contributed by atoms with van der Waals surface area (Å²) in [5.74, 6) is -1.51. The Hall–Kier alpha value is -3.03. The molecule has 1 heterocycles. The van der Waals surface area contributed by atoms with Crippen LogP contribution in [0.1, 0.15) is 40.0 Å². The molecule has 0 spiro atoms. The van der Waals surface area contributed by atoms with E-state index in [2.05, 4.69) is 17.2 Å². The third kappa shape index (κ3) is 7.39. The van der Waals surface area contributed by atoms with Gasteiger partial charge in [-0.15, -0.1) is 0 Å². The van der Waals surface area contributed by atoms with Crippen LogP contribution >= 0.6 is 0 Å². The second-order valence-corrected chi connectivity index (χ2v) is 5.60. The maximum absolute atomic E-state index is 12.4. The van der Waals surface area contributed by atoms with Gasteiger partial charge in [0.2, 0.25) is 24.1 Å². The molecule has 1 unspecified atom stereocenters. The summed E-state index contributed by atoms with van der Waals surface area (Å²) in [4.78, 5) is 57.5. The fourth-order valence-corrected chi connectivity index (χ4v) is 2.31. The summed E-state index contributed by atoms with van der Waals surface area (Å²) in [6.07, 6.45) is 5.88. The zero-order valence-electron chi connectivity index (χ0n) is 16.2. The molecule has 8 heteroatoms. The molecule has 5 amide bonds. The van der Waals surface area contributed by atoms with Crippen molar-refractivity contribution in [3.05, 3.63) is 36.0 Å². The summed E-state index contributed by atoms with van der Waals surface area (Å²) >= 11 is 0. The van der Waals surface area contributed by atoms with Crippen molar-refractivity contribution in [1.29, 1.82) is 0 Å². The van der Waals surface area contributed by atoms with E-state index in [1.807, 2.05) is 6.92 Å². The Bertz CT molecular complexity index is 658. The molecule has 148 valence electrons. The lowest BCUT2D eigenvalue weighted by atomic mass is 10.0. The molecular weight excluding hydrogens is 350 g/mol. The van der Waals surface area contributed by atoms with Crippen LogP contribution in [0.3, 0.4) is 0 Å². The Balaban J connectivity index is 0.000000972. The fourth-order valence-electron chi connectivity index (χ4n) is 2.31. The van der Waals surface area contributed by atoms with Gasteiger partial charge in [-0.3, -0.25) is 34.2 Å². The predicted molar refractivity (Wildman–Crippen MR) is 101 cm³/mol. The summed E-state index contributed by atoms with van der Waals surface area (Å²) in [5.41, 5.74) is 0.948. The average Bonchev–Trinajstić information content (AvgIpc) is 2.64. The van der Waals surface area contributed by atoms with E-state index in [0.29, 0.717) is 24.0 Å². The number of carbonyl (C=O) groups excluding carboxylic acids is 5. The zero-order valence-corrected chi connectivity index (χ0v) is 16.2. The van der Waals surface area contributed by atoms with Gasteiger partial charge in [0.1, 0.15) is 6.04 Å². The second-order valence-electron chi connectivity index (χ2n) is 5.60. The van der Waals surface area contributed by atoms with Crippen molar-refractivity contribution in [2.45, 2.75) is 46.1 Å². The minimum absolute atomic E-state index is 0.0926. The lowest BCUT2D eigenvalue weighted by molar-refractivity contribution is -0.148. The SMILES string of the molecule is C=C/C=C(C)\C(=C/C)C(=O)N(C=O)C1CCC(=O)NC1=O.CCC(=O)NC. The van der Waals surface area contributed by atoms with Gasteiger partial charge in [-0.1, -0.05) is 31.7 Å². The third-order valence-electron chi connectivity index (χ3n) is 3.81. The number of carbonyl (C=O) groups is 5. The number of rotatable bonds is 6. The Morgan fingerprint density at radius 2 is 2.00 bits per heavy atom. The molecule has 0 aromatic rings. The fraction of sp³-hybridized carbons (Fsp3) is 0.421. The number of imide groups is 2. The first-order valence-corrected chi connectivity index (χ1v) is 8.55. The largest absolute Gasteiger partial charge is 0.359 e. The van der Waals surface area contributed by atoms with Crippen LogP contribution in [0.5, 0.6) is 0 Å². The smallest absolute Gasteiger partial charge is 0.260 e. The van der Waals surface area contributed by atoms with Gasteiger partial charge in [-0.25, -0.2) is 0 Å². The summed E-state index contributed by atoms with van der Waals surface area (Å²) in [6, 6.07) is -0.959. The van der Waals surface area contributed by atoms with Gasteiger partial charge in [0.15, 0.2) is 0 Å². The van der Waals surface area contributed by atoms with Crippen molar-refractivity contribution in [3.63, 3.8) is 0 Å². The highest BCUT2D eigenvalue weighted by atomic mass is 16.2. The average molecular weight is 377 g/mol. The molecule has 1 fully saturated rings. The topological polar surface area (TPSA) is 113 Å². The van der Waals surface area contributed by atoms with Crippen LogP contribution < -0.4 is 10.6 Å². The van der Waals surface area contributed by atoms with E-state index in [-0.39, 0.29) is 18.7 Å². The highest BCUT2D eigenvalue weighted by Crippen LogP contribution is 2.18. The molecule has 1 aliphatic rings. The molecule has 8 nitrogen and oxygen atoms in total. The van der Waals surface area contributed by atoms with E-state index in [0.717, 1.165) is 4.90 Å². The van der Waals surface area contributed by atoms with Crippen molar-refractivity contribution < 1.29 is 24.0 Å². The number of allylic oxidation sites excluding steroid dienone is 3. The molecular formula is C19H27N3O5. The number of hydrogen-bond donors (Lipinski definition) is 2.